The van der Waals surface area contributed by atoms with E-state index in [0.29, 0.717) is 0 Å². The van der Waals surface area contributed by atoms with Crippen LogP contribution in [0.3, 0.4) is 0 Å². The zero-order valence-electron chi connectivity index (χ0n) is 10.2. The van der Waals surface area contributed by atoms with Crippen molar-refractivity contribution in [3.05, 3.63) is 28.7 Å². The summed E-state index contributed by atoms with van der Waals surface area (Å²) in [4.78, 5) is 12.7. The molecular weight excluding hydrogens is 312 g/mol. The van der Waals surface area contributed by atoms with E-state index in [0.717, 1.165) is 47.9 Å². The summed E-state index contributed by atoms with van der Waals surface area (Å²) in [6.45, 7) is 0. The van der Waals surface area contributed by atoms with Gasteiger partial charge >= 0.3 is 5.97 Å². The lowest BCUT2D eigenvalue weighted by atomic mass is 9.99. The minimum atomic E-state index is -0.655. The topological polar surface area (TPSA) is 37.3 Å². The fraction of sp³-hybridized carbons (Fsp3) is 0.500. The van der Waals surface area contributed by atoms with Crippen LogP contribution in [0.2, 0.25) is 0 Å². The van der Waals surface area contributed by atoms with Crippen molar-refractivity contribution in [2.45, 2.75) is 48.2 Å². The first-order chi connectivity index (χ1) is 8.62. The Balaban J connectivity index is 2.19. The van der Waals surface area contributed by atoms with Gasteiger partial charge in [-0.2, -0.15) is 0 Å². The number of thioether (sulfide) groups is 1. The van der Waals surface area contributed by atoms with Crippen molar-refractivity contribution in [3.63, 3.8) is 0 Å². The van der Waals surface area contributed by atoms with Crippen LogP contribution in [0.4, 0.5) is 0 Å². The van der Waals surface area contributed by atoms with Crippen LogP contribution in [0.1, 0.15) is 38.5 Å². The van der Waals surface area contributed by atoms with Gasteiger partial charge in [-0.25, -0.2) is 0 Å². The fourth-order valence-electron chi connectivity index (χ4n) is 2.39. The number of aliphatic carboxylic acids is 1. The van der Waals surface area contributed by atoms with Crippen LogP contribution < -0.4 is 0 Å². The molecule has 1 fully saturated rings. The molecule has 0 aliphatic heterocycles. The molecule has 0 radical (unpaired) electrons. The molecule has 1 aromatic rings. The maximum absolute atomic E-state index is 11.7. The lowest BCUT2D eigenvalue weighted by Crippen LogP contribution is -2.34. The number of carboxylic acid groups (broad SMARTS) is 1. The molecule has 0 heterocycles. The lowest BCUT2D eigenvalue weighted by Gasteiger charge is -2.27. The van der Waals surface area contributed by atoms with E-state index in [1.54, 1.807) is 0 Å². The van der Waals surface area contributed by atoms with Gasteiger partial charge in [0.25, 0.3) is 0 Å². The summed E-state index contributed by atoms with van der Waals surface area (Å²) in [5, 5.41) is 9.60. The van der Waals surface area contributed by atoms with Crippen LogP contribution in [-0.2, 0) is 4.79 Å². The van der Waals surface area contributed by atoms with Gasteiger partial charge in [-0.3, -0.25) is 4.79 Å². The second-order valence-electron chi connectivity index (χ2n) is 4.77. The van der Waals surface area contributed by atoms with Crippen LogP contribution >= 0.6 is 27.7 Å². The second kappa shape index (κ2) is 6.11. The molecule has 2 rings (SSSR count). The van der Waals surface area contributed by atoms with Gasteiger partial charge in [0.05, 0.1) is 0 Å². The first-order valence-corrected chi connectivity index (χ1v) is 7.91. The van der Waals surface area contributed by atoms with E-state index in [4.69, 9.17) is 0 Å². The number of hydrogen-bond acceptors (Lipinski definition) is 2. The number of rotatable bonds is 3. The highest BCUT2D eigenvalue weighted by atomic mass is 79.9. The average molecular weight is 329 g/mol. The van der Waals surface area contributed by atoms with Crippen molar-refractivity contribution in [3.8, 4) is 0 Å². The van der Waals surface area contributed by atoms with Gasteiger partial charge < -0.3 is 5.11 Å². The standard InChI is InChI=1S/C14H17BrO2S/c15-11-5-7-12(8-6-11)18-14(13(16)17)9-3-1-2-4-10-14/h5-8H,1-4,9-10H2,(H,16,17). The molecule has 1 saturated carbocycles. The molecule has 0 saturated heterocycles. The SMILES string of the molecule is O=C(O)C1(Sc2ccc(Br)cc2)CCCCCC1. The van der Waals surface area contributed by atoms with E-state index in [9.17, 15) is 9.90 Å². The molecule has 0 bridgehead atoms. The van der Waals surface area contributed by atoms with Crippen molar-refractivity contribution in [1.82, 2.24) is 0 Å². The molecule has 2 nitrogen and oxygen atoms in total. The van der Waals surface area contributed by atoms with Gasteiger partial charge in [0, 0.05) is 9.37 Å². The normalized spacial score (nSPS) is 19.2. The number of carbonyl (C=O) groups is 1. The Morgan fingerprint density at radius 1 is 1.11 bits per heavy atom. The summed E-state index contributed by atoms with van der Waals surface area (Å²) in [5.74, 6) is -0.655. The largest absolute Gasteiger partial charge is 0.480 e. The minimum absolute atomic E-state index is 0.621. The fourth-order valence-corrected chi connectivity index (χ4v) is 3.96. The molecule has 1 aliphatic carbocycles. The van der Waals surface area contributed by atoms with Gasteiger partial charge in [0.2, 0.25) is 0 Å². The van der Waals surface area contributed by atoms with Crippen LogP contribution in [0.25, 0.3) is 0 Å². The first kappa shape index (κ1) is 13.9. The molecule has 0 aromatic heterocycles. The molecule has 0 atom stereocenters. The zero-order chi connectivity index (χ0) is 13.0. The zero-order valence-corrected chi connectivity index (χ0v) is 12.6. The van der Waals surface area contributed by atoms with Crippen molar-refractivity contribution in [2.75, 3.05) is 0 Å². The summed E-state index contributed by atoms with van der Waals surface area (Å²) in [7, 11) is 0. The number of carboxylic acids is 1. The van der Waals surface area contributed by atoms with Crippen LogP contribution in [0, 0.1) is 0 Å². The molecule has 0 spiro atoms. The lowest BCUT2D eigenvalue weighted by molar-refractivity contribution is -0.140. The Hall–Kier alpha value is -0.480. The quantitative estimate of drug-likeness (QED) is 0.816. The average Bonchev–Trinajstić information content (AvgIpc) is 2.59. The van der Waals surface area contributed by atoms with E-state index >= 15 is 0 Å². The number of halogens is 1. The maximum atomic E-state index is 11.7. The molecule has 4 heteroatoms. The van der Waals surface area contributed by atoms with Gasteiger partial charge in [0.15, 0.2) is 0 Å². The van der Waals surface area contributed by atoms with Crippen molar-refractivity contribution < 1.29 is 9.90 Å². The van der Waals surface area contributed by atoms with Gasteiger partial charge in [-0.15, -0.1) is 11.8 Å². The van der Waals surface area contributed by atoms with Gasteiger partial charge in [-0.05, 0) is 37.1 Å². The van der Waals surface area contributed by atoms with Gasteiger partial charge in [-0.1, -0.05) is 41.6 Å². The Morgan fingerprint density at radius 3 is 2.17 bits per heavy atom. The van der Waals surface area contributed by atoms with E-state index in [2.05, 4.69) is 15.9 Å². The molecule has 18 heavy (non-hydrogen) atoms. The highest BCUT2D eigenvalue weighted by Gasteiger charge is 2.39. The van der Waals surface area contributed by atoms with Crippen LogP contribution in [0.15, 0.2) is 33.6 Å². The Kier molecular flexibility index (Phi) is 4.73. The third-order valence-electron chi connectivity index (χ3n) is 3.43. The highest BCUT2D eigenvalue weighted by molar-refractivity contribution is 9.10. The molecule has 98 valence electrons. The molecule has 1 N–H and O–H groups in total. The maximum Gasteiger partial charge on any atom is 0.320 e. The first-order valence-electron chi connectivity index (χ1n) is 6.30. The molecule has 1 aliphatic rings. The molecular formula is C14H17BrO2S. The van der Waals surface area contributed by atoms with Crippen molar-refractivity contribution in [2.24, 2.45) is 0 Å². The smallest absolute Gasteiger partial charge is 0.320 e. The van der Waals surface area contributed by atoms with E-state index in [1.165, 1.54) is 11.8 Å². The third kappa shape index (κ3) is 3.29. The summed E-state index contributed by atoms with van der Waals surface area (Å²) < 4.78 is 0.404. The molecule has 1 aromatic carbocycles. The predicted octanol–water partition coefficient (Wildman–Crippen LogP) is 4.72. The molecule has 0 amide bonds. The summed E-state index contributed by atoms with van der Waals surface area (Å²) in [5.41, 5.74) is 0. The van der Waals surface area contributed by atoms with E-state index < -0.39 is 10.7 Å². The second-order valence-corrected chi connectivity index (χ2v) is 7.14. The van der Waals surface area contributed by atoms with E-state index in [-0.39, 0.29) is 0 Å². The van der Waals surface area contributed by atoms with Crippen LogP contribution in [0.5, 0.6) is 0 Å². The highest BCUT2D eigenvalue weighted by Crippen LogP contribution is 2.43. The molecule has 0 unspecified atom stereocenters. The van der Waals surface area contributed by atoms with Crippen molar-refractivity contribution in [1.29, 1.82) is 0 Å². The summed E-state index contributed by atoms with van der Waals surface area (Å²) in [6.07, 6.45) is 5.93. The van der Waals surface area contributed by atoms with Crippen LogP contribution in [-0.4, -0.2) is 15.8 Å². The Bertz CT molecular complexity index is 408. The van der Waals surface area contributed by atoms with Crippen molar-refractivity contribution >= 4 is 33.7 Å². The third-order valence-corrected chi connectivity index (χ3v) is 5.44. The summed E-state index contributed by atoms with van der Waals surface area (Å²) in [6, 6.07) is 7.91. The Morgan fingerprint density at radius 2 is 1.67 bits per heavy atom. The summed E-state index contributed by atoms with van der Waals surface area (Å²) >= 11 is 4.92. The predicted molar refractivity (Wildman–Crippen MR) is 78.1 cm³/mol. The van der Waals surface area contributed by atoms with Gasteiger partial charge in [0.1, 0.15) is 4.75 Å². The monoisotopic (exact) mass is 328 g/mol. The Labute approximate surface area is 120 Å². The van der Waals surface area contributed by atoms with E-state index in [1.807, 2.05) is 24.3 Å². The number of benzene rings is 1. The minimum Gasteiger partial charge on any atom is -0.480 e. The number of hydrogen-bond donors (Lipinski definition) is 1.